The summed E-state index contributed by atoms with van der Waals surface area (Å²) in [7, 11) is -3.33. The maximum Gasteiger partial charge on any atom is 0.251 e. The summed E-state index contributed by atoms with van der Waals surface area (Å²) in [6.45, 7) is 1.59. The average Bonchev–Trinajstić information content (AvgIpc) is 2.61. The fourth-order valence-electron chi connectivity index (χ4n) is 2.33. The van der Waals surface area contributed by atoms with Crippen LogP contribution in [0.3, 0.4) is 0 Å². The molecular weight excluding hydrogens is 371 g/mol. The van der Waals surface area contributed by atoms with Crippen LogP contribution in [-0.2, 0) is 14.6 Å². The number of carbonyl (C=O) groups is 2. The molecule has 2 N–H and O–H groups in total. The average molecular weight is 392 g/mol. The van der Waals surface area contributed by atoms with E-state index in [0.29, 0.717) is 11.1 Å². The van der Waals surface area contributed by atoms with E-state index in [1.54, 1.807) is 37.3 Å². The Labute approximate surface area is 157 Å². The summed E-state index contributed by atoms with van der Waals surface area (Å²) in [6, 6.07) is 11.4. The van der Waals surface area contributed by atoms with Gasteiger partial charge in [-0.1, -0.05) is 24.3 Å². The summed E-state index contributed by atoms with van der Waals surface area (Å²) in [4.78, 5) is 24.9. The van der Waals surface area contributed by atoms with Gasteiger partial charge in [0.2, 0.25) is 5.91 Å². The number of rotatable bonds is 7. The summed E-state index contributed by atoms with van der Waals surface area (Å²) < 4.78 is 36.6. The zero-order valence-corrected chi connectivity index (χ0v) is 15.8. The van der Waals surface area contributed by atoms with Crippen molar-refractivity contribution in [2.75, 3.05) is 17.3 Å². The topological polar surface area (TPSA) is 92.3 Å². The van der Waals surface area contributed by atoms with Crippen LogP contribution >= 0.6 is 0 Å². The van der Waals surface area contributed by atoms with Gasteiger partial charge in [0.25, 0.3) is 5.91 Å². The van der Waals surface area contributed by atoms with Crippen LogP contribution in [0.2, 0.25) is 0 Å². The zero-order valence-electron chi connectivity index (χ0n) is 15.0. The van der Waals surface area contributed by atoms with Crippen LogP contribution < -0.4 is 10.6 Å². The molecule has 0 saturated heterocycles. The molecule has 0 radical (unpaired) electrons. The molecule has 144 valence electrons. The number of sulfone groups is 1. The number of benzene rings is 2. The molecule has 8 heteroatoms. The summed E-state index contributed by atoms with van der Waals surface area (Å²) in [5.41, 5.74) is 0.997. The van der Waals surface area contributed by atoms with E-state index in [9.17, 15) is 22.4 Å². The lowest BCUT2D eigenvalue weighted by Gasteiger charge is -2.18. The Bertz CT molecular complexity index is 930. The van der Waals surface area contributed by atoms with E-state index in [-0.39, 0.29) is 17.9 Å². The fraction of sp³-hybridized carbons (Fsp3) is 0.263. The number of hydrogen-bond donors (Lipinski definition) is 2. The van der Waals surface area contributed by atoms with Gasteiger partial charge in [-0.2, -0.15) is 0 Å². The van der Waals surface area contributed by atoms with Gasteiger partial charge >= 0.3 is 0 Å². The number of hydrogen-bond acceptors (Lipinski definition) is 4. The van der Waals surface area contributed by atoms with Crippen LogP contribution in [0.5, 0.6) is 0 Å². The van der Waals surface area contributed by atoms with E-state index in [4.69, 9.17) is 0 Å². The number of aryl methyl sites for hydroxylation is 1. The highest BCUT2D eigenvalue weighted by atomic mass is 32.2. The summed E-state index contributed by atoms with van der Waals surface area (Å²) >= 11 is 0. The Kier molecular flexibility index (Phi) is 6.68. The van der Waals surface area contributed by atoms with Crippen molar-refractivity contribution in [3.8, 4) is 0 Å². The number of nitrogens with one attached hydrogen (secondary N) is 2. The standard InChI is InChI=1S/C19H21FN2O4S/c1-13-8-9-15(12-16(13)20)21-19(24)17(10-11-27(2,25)26)22-18(23)14-6-4-3-5-7-14/h3-9,12,17H,10-11H2,1-2H3,(H,21,24)(H,22,23)/t17-/m0/s1. The van der Waals surface area contributed by atoms with Gasteiger partial charge in [0.05, 0.1) is 5.75 Å². The second-order valence-electron chi connectivity index (χ2n) is 6.26. The fourth-order valence-corrected chi connectivity index (χ4v) is 3.00. The van der Waals surface area contributed by atoms with Crippen molar-refractivity contribution in [3.05, 3.63) is 65.5 Å². The molecule has 0 bridgehead atoms. The molecule has 0 unspecified atom stereocenters. The molecule has 0 aliphatic carbocycles. The highest BCUT2D eigenvalue weighted by Crippen LogP contribution is 2.14. The van der Waals surface area contributed by atoms with Crippen LogP contribution in [-0.4, -0.2) is 38.3 Å². The Morgan fingerprint density at radius 1 is 1.11 bits per heavy atom. The molecule has 2 aromatic rings. The predicted octanol–water partition coefficient (Wildman–Crippen LogP) is 2.31. The number of halogens is 1. The molecule has 0 spiro atoms. The monoisotopic (exact) mass is 392 g/mol. The summed E-state index contributed by atoms with van der Waals surface area (Å²) in [6.07, 6.45) is 0.952. The molecule has 0 heterocycles. The Balaban J connectivity index is 2.15. The maximum absolute atomic E-state index is 13.7. The molecule has 0 fully saturated rings. The zero-order chi connectivity index (χ0) is 20.0. The van der Waals surface area contributed by atoms with Crippen molar-refractivity contribution in [2.45, 2.75) is 19.4 Å². The van der Waals surface area contributed by atoms with Gasteiger partial charge in [-0.05, 0) is 43.2 Å². The first kappa shape index (κ1) is 20.6. The third kappa shape index (κ3) is 6.49. The van der Waals surface area contributed by atoms with Crippen LogP contribution in [0.1, 0.15) is 22.3 Å². The highest BCUT2D eigenvalue weighted by molar-refractivity contribution is 7.90. The van der Waals surface area contributed by atoms with Crippen LogP contribution in [0.15, 0.2) is 48.5 Å². The summed E-state index contributed by atoms with van der Waals surface area (Å²) in [5, 5.41) is 5.06. The molecule has 6 nitrogen and oxygen atoms in total. The molecule has 27 heavy (non-hydrogen) atoms. The SMILES string of the molecule is Cc1ccc(NC(=O)[C@H](CCS(C)(=O)=O)NC(=O)c2ccccc2)cc1F. The largest absolute Gasteiger partial charge is 0.340 e. The van der Waals surface area contributed by atoms with E-state index < -0.39 is 33.5 Å². The first-order valence-corrected chi connectivity index (χ1v) is 10.3. The van der Waals surface area contributed by atoms with E-state index in [1.807, 2.05) is 0 Å². The number of anilines is 1. The molecule has 2 amide bonds. The smallest absolute Gasteiger partial charge is 0.251 e. The van der Waals surface area contributed by atoms with Gasteiger partial charge in [-0.3, -0.25) is 9.59 Å². The molecule has 2 aromatic carbocycles. The second-order valence-corrected chi connectivity index (χ2v) is 8.52. The quantitative estimate of drug-likeness (QED) is 0.756. The van der Waals surface area contributed by atoms with Gasteiger partial charge in [-0.15, -0.1) is 0 Å². The van der Waals surface area contributed by atoms with Gasteiger partial charge in [0.1, 0.15) is 21.7 Å². The minimum atomic E-state index is -3.33. The number of carbonyl (C=O) groups excluding carboxylic acids is 2. The highest BCUT2D eigenvalue weighted by Gasteiger charge is 2.23. The molecule has 1 atom stereocenters. The predicted molar refractivity (Wildman–Crippen MR) is 102 cm³/mol. The summed E-state index contributed by atoms with van der Waals surface area (Å²) in [5.74, 6) is -1.87. The van der Waals surface area contributed by atoms with Crippen LogP contribution in [0, 0.1) is 12.7 Å². The van der Waals surface area contributed by atoms with E-state index in [0.717, 1.165) is 6.26 Å². The van der Waals surface area contributed by atoms with Gasteiger partial charge < -0.3 is 10.6 Å². The Morgan fingerprint density at radius 2 is 1.78 bits per heavy atom. The first-order valence-electron chi connectivity index (χ1n) is 8.26. The molecule has 0 aromatic heterocycles. The van der Waals surface area contributed by atoms with Gasteiger partial charge in [0, 0.05) is 17.5 Å². The third-order valence-electron chi connectivity index (χ3n) is 3.87. The first-order chi connectivity index (χ1) is 12.7. The van der Waals surface area contributed by atoms with Gasteiger partial charge in [0.15, 0.2) is 0 Å². The van der Waals surface area contributed by atoms with E-state index in [2.05, 4.69) is 10.6 Å². The normalized spacial score (nSPS) is 12.3. The van der Waals surface area contributed by atoms with E-state index in [1.165, 1.54) is 18.2 Å². The lowest BCUT2D eigenvalue weighted by molar-refractivity contribution is -0.118. The lowest BCUT2D eigenvalue weighted by Crippen LogP contribution is -2.44. The van der Waals surface area contributed by atoms with Crippen molar-refractivity contribution in [1.29, 1.82) is 0 Å². The Hall–Kier alpha value is -2.74. The van der Waals surface area contributed by atoms with Crippen molar-refractivity contribution in [3.63, 3.8) is 0 Å². The molecule has 0 aliphatic rings. The van der Waals surface area contributed by atoms with Crippen molar-refractivity contribution >= 4 is 27.3 Å². The third-order valence-corrected chi connectivity index (χ3v) is 4.85. The van der Waals surface area contributed by atoms with Crippen LogP contribution in [0.4, 0.5) is 10.1 Å². The minimum Gasteiger partial charge on any atom is -0.340 e. The minimum absolute atomic E-state index is 0.0996. The molecule has 0 saturated carbocycles. The molecular formula is C19H21FN2O4S. The molecule has 2 rings (SSSR count). The lowest BCUT2D eigenvalue weighted by atomic mass is 10.1. The molecule has 0 aliphatic heterocycles. The van der Waals surface area contributed by atoms with Crippen molar-refractivity contribution in [2.24, 2.45) is 0 Å². The maximum atomic E-state index is 13.7. The Morgan fingerprint density at radius 3 is 2.37 bits per heavy atom. The van der Waals surface area contributed by atoms with Crippen LogP contribution in [0.25, 0.3) is 0 Å². The second kappa shape index (κ2) is 8.77. The van der Waals surface area contributed by atoms with E-state index >= 15 is 0 Å². The van der Waals surface area contributed by atoms with Crippen molar-refractivity contribution < 1.29 is 22.4 Å². The van der Waals surface area contributed by atoms with Gasteiger partial charge in [-0.25, -0.2) is 12.8 Å². The number of amides is 2. The van der Waals surface area contributed by atoms with Crippen molar-refractivity contribution in [1.82, 2.24) is 5.32 Å².